The summed E-state index contributed by atoms with van der Waals surface area (Å²) in [7, 11) is 0. The van der Waals surface area contributed by atoms with Crippen molar-refractivity contribution in [2.24, 2.45) is 0 Å². The van der Waals surface area contributed by atoms with Crippen molar-refractivity contribution in [3.05, 3.63) is 27.7 Å². The van der Waals surface area contributed by atoms with Crippen LogP contribution in [0, 0.1) is 6.92 Å². The quantitative estimate of drug-likeness (QED) is 0.772. The van der Waals surface area contributed by atoms with Crippen LogP contribution >= 0.6 is 27.7 Å². The van der Waals surface area contributed by atoms with E-state index in [9.17, 15) is 0 Å². The second-order valence-corrected chi connectivity index (χ2v) is 7.56. The molecule has 2 nitrogen and oxygen atoms in total. The van der Waals surface area contributed by atoms with Gasteiger partial charge in [0.25, 0.3) is 0 Å². The predicted octanol–water partition coefficient (Wildman–Crippen LogP) is 4.39. The second kappa shape index (κ2) is 7.55. The number of aryl methyl sites for hydroxylation is 1. The molecular formula is C15H24BrNOS. The zero-order valence-electron chi connectivity index (χ0n) is 12.5. The normalized spacial score (nSPS) is 11.7. The Balaban J connectivity index is 2.86. The molecule has 1 aromatic rings. The highest BCUT2D eigenvalue weighted by Gasteiger charge is 2.13. The maximum absolute atomic E-state index is 5.95. The van der Waals surface area contributed by atoms with Gasteiger partial charge in [0.15, 0.2) is 0 Å². The molecule has 108 valence electrons. The molecule has 0 aliphatic heterocycles. The maximum Gasteiger partial charge on any atom is 0.126 e. The van der Waals surface area contributed by atoms with Crippen LogP contribution in [0.4, 0.5) is 0 Å². The van der Waals surface area contributed by atoms with Gasteiger partial charge < -0.3 is 10.1 Å². The molecule has 0 heterocycles. The first-order valence-electron chi connectivity index (χ1n) is 6.49. The van der Waals surface area contributed by atoms with Crippen LogP contribution in [0.2, 0.25) is 0 Å². The highest BCUT2D eigenvalue weighted by molar-refractivity contribution is 9.10. The van der Waals surface area contributed by atoms with Gasteiger partial charge in [-0.1, -0.05) is 15.9 Å². The summed E-state index contributed by atoms with van der Waals surface area (Å²) in [5, 5.41) is 3.52. The van der Waals surface area contributed by atoms with E-state index in [-0.39, 0.29) is 5.54 Å². The number of hydrogen-bond donors (Lipinski definition) is 1. The van der Waals surface area contributed by atoms with Crippen molar-refractivity contribution in [2.75, 3.05) is 18.6 Å². The molecule has 0 amide bonds. The van der Waals surface area contributed by atoms with Crippen molar-refractivity contribution >= 4 is 27.7 Å². The smallest absolute Gasteiger partial charge is 0.126 e. The SMILES string of the molecule is CSCCOc1c(C)cc(Br)cc1CNC(C)(C)C. The summed E-state index contributed by atoms with van der Waals surface area (Å²) in [6.07, 6.45) is 2.10. The Hall–Kier alpha value is -0.190. The summed E-state index contributed by atoms with van der Waals surface area (Å²) in [4.78, 5) is 0. The van der Waals surface area contributed by atoms with Gasteiger partial charge in [-0.05, 0) is 51.6 Å². The van der Waals surface area contributed by atoms with Crippen LogP contribution in [0.15, 0.2) is 16.6 Å². The summed E-state index contributed by atoms with van der Waals surface area (Å²) >= 11 is 5.37. The van der Waals surface area contributed by atoms with E-state index in [1.165, 1.54) is 11.1 Å². The van der Waals surface area contributed by atoms with Gasteiger partial charge in [0.1, 0.15) is 5.75 Å². The Labute approximate surface area is 129 Å². The third-order valence-corrected chi connectivity index (χ3v) is 3.69. The molecule has 0 aliphatic carbocycles. The minimum absolute atomic E-state index is 0.104. The molecule has 0 spiro atoms. The fourth-order valence-electron chi connectivity index (χ4n) is 1.72. The summed E-state index contributed by atoms with van der Waals surface area (Å²) in [5.41, 5.74) is 2.50. The van der Waals surface area contributed by atoms with Crippen LogP contribution in [0.3, 0.4) is 0 Å². The Morgan fingerprint density at radius 1 is 1.32 bits per heavy atom. The molecule has 0 bridgehead atoms. The highest BCUT2D eigenvalue weighted by Crippen LogP contribution is 2.28. The molecule has 0 unspecified atom stereocenters. The molecule has 0 atom stereocenters. The van der Waals surface area contributed by atoms with Crippen molar-refractivity contribution in [3.8, 4) is 5.75 Å². The number of ether oxygens (including phenoxy) is 1. The molecule has 1 aromatic carbocycles. The molecule has 0 saturated heterocycles. The standard InChI is InChI=1S/C15H24BrNOS/c1-11-8-13(16)9-12(10-17-15(2,3)4)14(11)18-6-7-19-5/h8-9,17H,6-7,10H2,1-5H3. The average Bonchev–Trinajstić information content (AvgIpc) is 2.28. The molecule has 0 saturated carbocycles. The van der Waals surface area contributed by atoms with E-state index in [0.29, 0.717) is 0 Å². The first kappa shape index (κ1) is 16.9. The summed E-state index contributed by atoms with van der Waals surface area (Å²) in [6, 6.07) is 4.25. The van der Waals surface area contributed by atoms with E-state index in [2.05, 4.69) is 67.3 Å². The summed E-state index contributed by atoms with van der Waals surface area (Å²) < 4.78 is 7.05. The number of benzene rings is 1. The number of hydrogen-bond acceptors (Lipinski definition) is 3. The van der Waals surface area contributed by atoms with Gasteiger partial charge in [-0.2, -0.15) is 11.8 Å². The lowest BCUT2D eigenvalue weighted by Gasteiger charge is -2.22. The van der Waals surface area contributed by atoms with E-state index in [4.69, 9.17) is 4.74 Å². The van der Waals surface area contributed by atoms with Crippen LogP contribution in [-0.2, 0) is 6.54 Å². The Bertz CT molecular complexity index is 415. The van der Waals surface area contributed by atoms with Crippen LogP contribution in [0.5, 0.6) is 5.75 Å². The lowest BCUT2D eigenvalue weighted by atomic mass is 10.1. The highest BCUT2D eigenvalue weighted by atomic mass is 79.9. The third kappa shape index (κ3) is 6.19. The van der Waals surface area contributed by atoms with Gasteiger partial charge in [0, 0.05) is 27.9 Å². The van der Waals surface area contributed by atoms with Crippen molar-refractivity contribution in [1.29, 1.82) is 0 Å². The van der Waals surface area contributed by atoms with Crippen LogP contribution < -0.4 is 10.1 Å². The maximum atomic E-state index is 5.95. The van der Waals surface area contributed by atoms with Crippen molar-refractivity contribution in [1.82, 2.24) is 5.32 Å². The van der Waals surface area contributed by atoms with Crippen LogP contribution in [0.25, 0.3) is 0 Å². The number of nitrogens with one attached hydrogen (secondary N) is 1. The minimum Gasteiger partial charge on any atom is -0.492 e. The molecule has 1 N–H and O–H groups in total. The minimum atomic E-state index is 0.104. The predicted molar refractivity (Wildman–Crippen MR) is 89.3 cm³/mol. The number of halogens is 1. The molecule has 0 fully saturated rings. The molecule has 1 rings (SSSR count). The Morgan fingerprint density at radius 3 is 2.58 bits per heavy atom. The van der Waals surface area contributed by atoms with Gasteiger partial charge in [0.05, 0.1) is 6.61 Å². The number of thioether (sulfide) groups is 1. The van der Waals surface area contributed by atoms with Crippen molar-refractivity contribution in [3.63, 3.8) is 0 Å². The van der Waals surface area contributed by atoms with E-state index < -0.39 is 0 Å². The van der Waals surface area contributed by atoms with Crippen LogP contribution in [0.1, 0.15) is 31.9 Å². The van der Waals surface area contributed by atoms with E-state index in [1.807, 2.05) is 0 Å². The van der Waals surface area contributed by atoms with Gasteiger partial charge in [-0.15, -0.1) is 0 Å². The van der Waals surface area contributed by atoms with Gasteiger partial charge in [-0.25, -0.2) is 0 Å². The Kier molecular flexibility index (Phi) is 6.71. The first-order chi connectivity index (χ1) is 8.83. The van der Waals surface area contributed by atoms with E-state index >= 15 is 0 Å². The van der Waals surface area contributed by atoms with Crippen molar-refractivity contribution < 1.29 is 4.74 Å². The molecule has 0 radical (unpaired) electrons. The topological polar surface area (TPSA) is 21.3 Å². The largest absolute Gasteiger partial charge is 0.492 e. The molecule has 0 aromatic heterocycles. The summed E-state index contributed by atoms with van der Waals surface area (Å²) in [6.45, 7) is 10.2. The Morgan fingerprint density at radius 2 is 2.00 bits per heavy atom. The number of rotatable bonds is 6. The van der Waals surface area contributed by atoms with E-state index in [1.54, 1.807) is 11.8 Å². The molecule has 4 heteroatoms. The van der Waals surface area contributed by atoms with E-state index in [0.717, 1.165) is 29.1 Å². The first-order valence-corrected chi connectivity index (χ1v) is 8.68. The molecule has 0 aliphatic rings. The molecule has 19 heavy (non-hydrogen) atoms. The van der Waals surface area contributed by atoms with Crippen LogP contribution in [-0.4, -0.2) is 24.2 Å². The zero-order chi connectivity index (χ0) is 14.5. The fourth-order valence-corrected chi connectivity index (χ4v) is 2.59. The monoisotopic (exact) mass is 345 g/mol. The van der Waals surface area contributed by atoms with Gasteiger partial charge in [-0.3, -0.25) is 0 Å². The lowest BCUT2D eigenvalue weighted by molar-refractivity contribution is 0.333. The second-order valence-electron chi connectivity index (χ2n) is 5.66. The zero-order valence-corrected chi connectivity index (χ0v) is 14.9. The molecular weight excluding hydrogens is 322 g/mol. The lowest BCUT2D eigenvalue weighted by Crippen LogP contribution is -2.35. The van der Waals surface area contributed by atoms with Gasteiger partial charge in [0.2, 0.25) is 0 Å². The summed E-state index contributed by atoms with van der Waals surface area (Å²) in [5.74, 6) is 2.04. The fraction of sp³-hybridized carbons (Fsp3) is 0.600. The third-order valence-electron chi connectivity index (χ3n) is 2.66. The van der Waals surface area contributed by atoms with Gasteiger partial charge >= 0.3 is 0 Å². The average molecular weight is 346 g/mol. The van der Waals surface area contributed by atoms with Crippen molar-refractivity contribution in [2.45, 2.75) is 39.8 Å².